The van der Waals surface area contributed by atoms with Crippen molar-refractivity contribution in [1.29, 1.82) is 5.26 Å². The summed E-state index contributed by atoms with van der Waals surface area (Å²) in [5.74, 6) is 0. The minimum atomic E-state index is 0.637. The number of pyridine rings is 1. The Kier molecular flexibility index (Phi) is 2.49. The first-order chi connectivity index (χ1) is 5.57. The van der Waals surface area contributed by atoms with E-state index in [0.717, 1.165) is 16.8 Å². The molecule has 1 rings (SSSR count). The lowest BCUT2D eigenvalue weighted by atomic mass is 10.1. The van der Waals surface area contributed by atoms with Crippen molar-refractivity contribution < 1.29 is 0 Å². The number of nitrogens with zero attached hydrogens (tertiary/aromatic N) is 2. The molecule has 12 heavy (non-hydrogen) atoms. The molecule has 2 nitrogen and oxygen atoms in total. The summed E-state index contributed by atoms with van der Waals surface area (Å²) < 4.78 is 0.644. The fraction of sp³-hybridized carbons (Fsp3) is 0.333. The molecule has 0 fully saturated rings. The lowest BCUT2D eigenvalue weighted by molar-refractivity contribution is 1.08. The van der Waals surface area contributed by atoms with Crippen molar-refractivity contribution >= 4 is 15.9 Å². The zero-order valence-corrected chi connectivity index (χ0v) is 8.86. The molecule has 1 heterocycles. The van der Waals surface area contributed by atoms with E-state index in [1.54, 1.807) is 0 Å². The van der Waals surface area contributed by atoms with Gasteiger partial charge in [0.2, 0.25) is 0 Å². The van der Waals surface area contributed by atoms with Gasteiger partial charge in [-0.05, 0) is 47.8 Å². The lowest BCUT2D eigenvalue weighted by Crippen LogP contribution is -1.96. The van der Waals surface area contributed by atoms with Crippen molar-refractivity contribution in [3.63, 3.8) is 0 Å². The molecule has 1 aromatic rings. The standard InChI is InChI=1S/C9H9BrN2/c1-5-6(2)8(4-11)9(10)12-7(5)3/h1-3H3. The molecule has 62 valence electrons. The monoisotopic (exact) mass is 224 g/mol. The predicted molar refractivity (Wildman–Crippen MR) is 50.9 cm³/mol. The van der Waals surface area contributed by atoms with Crippen LogP contribution in [0, 0.1) is 32.1 Å². The first-order valence-corrected chi connectivity index (χ1v) is 4.40. The van der Waals surface area contributed by atoms with Gasteiger partial charge in [-0.3, -0.25) is 0 Å². The highest BCUT2D eigenvalue weighted by atomic mass is 79.9. The van der Waals surface area contributed by atoms with Crippen LogP contribution in [0.15, 0.2) is 4.60 Å². The van der Waals surface area contributed by atoms with E-state index in [1.807, 2.05) is 20.8 Å². The van der Waals surface area contributed by atoms with Crippen LogP contribution >= 0.6 is 15.9 Å². The predicted octanol–water partition coefficient (Wildman–Crippen LogP) is 2.64. The Labute approximate surface area is 80.4 Å². The van der Waals surface area contributed by atoms with E-state index in [9.17, 15) is 0 Å². The molecule has 0 aliphatic heterocycles. The molecule has 0 bridgehead atoms. The molecule has 0 spiro atoms. The van der Waals surface area contributed by atoms with E-state index >= 15 is 0 Å². The molecule has 0 aliphatic carbocycles. The number of hydrogen-bond acceptors (Lipinski definition) is 2. The van der Waals surface area contributed by atoms with Crippen molar-refractivity contribution in [2.24, 2.45) is 0 Å². The molecule has 1 aromatic heterocycles. The molecule has 0 N–H and O–H groups in total. The molecule has 0 amide bonds. The van der Waals surface area contributed by atoms with Crippen molar-refractivity contribution in [1.82, 2.24) is 4.98 Å². The number of nitriles is 1. The van der Waals surface area contributed by atoms with Crippen molar-refractivity contribution in [3.8, 4) is 6.07 Å². The Hall–Kier alpha value is -0.880. The summed E-state index contributed by atoms with van der Waals surface area (Å²) in [7, 11) is 0. The second-order valence-corrected chi connectivity index (χ2v) is 3.48. The maximum absolute atomic E-state index is 8.79. The Balaban J connectivity index is 3.54. The van der Waals surface area contributed by atoms with Crippen LogP contribution in [0.25, 0.3) is 0 Å². The van der Waals surface area contributed by atoms with Crippen LogP contribution in [-0.2, 0) is 0 Å². The molecule has 0 aromatic carbocycles. The highest BCUT2D eigenvalue weighted by molar-refractivity contribution is 9.10. The summed E-state index contributed by atoms with van der Waals surface area (Å²) in [5.41, 5.74) is 3.71. The van der Waals surface area contributed by atoms with Crippen LogP contribution in [0.1, 0.15) is 22.4 Å². The lowest BCUT2D eigenvalue weighted by Gasteiger charge is -2.06. The Morgan fingerprint density at radius 3 is 2.33 bits per heavy atom. The van der Waals surface area contributed by atoms with Gasteiger partial charge in [-0.15, -0.1) is 0 Å². The van der Waals surface area contributed by atoms with Gasteiger partial charge in [0.25, 0.3) is 0 Å². The van der Waals surface area contributed by atoms with Gasteiger partial charge in [0.05, 0.1) is 5.56 Å². The smallest absolute Gasteiger partial charge is 0.124 e. The summed E-state index contributed by atoms with van der Waals surface area (Å²) in [5, 5.41) is 8.79. The molecule has 0 unspecified atom stereocenters. The molecular weight excluding hydrogens is 216 g/mol. The Morgan fingerprint density at radius 2 is 1.83 bits per heavy atom. The minimum absolute atomic E-state index is 0.637. The van der Waals surface area contributed by atoms with Crippen LogP contribution in [0.5, 0.6) is 0 Å². The fourth-order valence-corrected chi connectivity index (χ4v) is 1.68. The average Bonchev–Trinajstić information content (AvgIpc) is 2.01. The van der Waals surface area contributed by atoms with Gasteiger partial charge in [0.15, 0.2) is 0 Å². The molecule has 0 atom stereocenters. The molecule has 0 saturated heterocycles. The first-order valence-electron chi connectivity index (χ1n) is 3.61. The first kappa shape index (κ1) is 9.21. The highest BCUT2D eigenvalue weighted by Gasteiger charge is 2.08. The quantitative estimate of drug-likeness (QED) is 0.636. The van der Waals surface area contributed by atoms with Gasteiger partial charge in [0.1, 0.15) is 10.7 Å². The third-order valence-corrected chi connectivity index (χ3v) is 2.64. The zero-order chi connectivity index (χ0) is 9.30. The van der Waals surface area contributed by atoms with E-state index in [1.165, 1.54) is 0 Å². The second kappa shape index (κ2) is 3.24. The van der Waals surface area contributed by atoms with E-state index in [4.69, 9.17) is 5.26 Å². The molecular formula is C9H9BrN2. The average molecular weight is 225 g/mol. The van der Waals surface area contributed by atoms with E-state index in [2.05, 4.69) is 27.0 Å². The molecule has 0 aliphatic rings. The van der Waals surface area contributed by atoms with Gasteiger partial charge >= 0.3 is 0 Å². The topological polar surface area (TPSA) is 36.7 Å². The maximum atomic E-state index is 8.79. The number of halogens is 1. The van der Waals surface area contributed by atoms with E-state index in [0.29, 0.717) is 10.2 Å². The molecule has 0 radical (unpaired) electrons. The Morgan fingerprint density at radius 1 is 1.25 bits per heavy atom. The largest absolute Gasteiger partial charge is 0.245 e. The van der Waals surface area contributed by atoms with Crippen LogP contribution < -0.4 is 0 Å². The van der Waals surface area contributed by atoms with Crippen molar-refractivity contribution in [2.45, 2.75) is 20.8 Å². The number of rotatable bonds is 0. The summed E-state index contributed by atoms with van der Waals surface area (Å²) in [6, 6.07) is 2.12. The van der Waals surface area contributed by atoms with Crippen LogP contribution in [0.3, 0.4) is 0 Å². The van der Waals surface area contributed by atoms with Crippen molar-refractivity contribution in [2.75, 3.05) is 0 Å². The highest BCUT2D eigenvalue weighted by Crippen LogP contribution is 2.21. The Bertz CT molecular complexity index is 364. The summed E-state index contributed by atoms with van der Waals surface area (Å²) in [4.78, 5) is 4.20. The summed E-state index contributed by atoms with van der Waals surface area (Å²) in [6.07, 6.45) is 0. The SMILES string of the molecule is Cc1nc(Br)c(C#N)c(C)c1C. The van der Waals surface area contributed by atoms with Crippen LogP contribution in [0.2, 0.25) is 0 Å². The van der Waals surface area contributed by atoms with Crippen molar-refractivity contribution in [3.05, 3.63) is 27.0 Å². The normalized spacial score (nSPS) is 9.58. The molecule has 3 heteroatoms. The number of hydrogen-bond donors (Lipinski definition) is 0. The zero-order valence-electron chi connectivity index (χ0n) is 7.27. The second-order valence-electron chi connectivity index (χ2n) is 2.72. The van der Waals surface area contributed by atoms with Gasteiger partial charge in [-0.1, -0.05) is 0 Å². The third-order valence-electron chi connectivity index (χ3n) is 2.06. The summed E-state index contributed by atoms with van der Waals surface area (Å²) >= 11 is 3.26. The number of aromatic nitrogens is 1. The minimum Gasteiger partial charge on any atom is -0.245 e. The summed E-state index contributed by atoms with van der Waals surface area (Å²) in [6.45, 7) is 5.85. The van der Waals surface area contributed by atoms with Crippen LogP contribution in [-0.4, -0.2) is 4.98 Å². The van der Waals surface area contributed by atoms with E-state index in [-0.39, 0.29) is 0 Å². The molecule has 0 saturated carbocycles. The number of aryl methyl sites for hydroxylation is 1. The van der Waals surface area contributed by atoms with Gasteiger partial charge < -0.3 is 0 Å². The van der Waals surface area contributed by atoms with Gasteiger partial charge in [-0.2, -0.15) is 5.26 Å². The van der Waals surface area contributed by atoms with Gasteiger partial charge in [0, 0.05) is 5.69 Å². The third kappa shape index (κ3) is 1.35. The van der Waals surface area contributed by atoms with Gasteiger partial charge in [-0.25, -0.2) is 4.98 Å². The van der Waals surface area contributed by atoms with E-state index < -0.39 is 0 Å². The fourth-order valence-electron chi connectivity index (χ4n) is 1.03. The van der Waals surface area contributed by atoms with Crippen LogP contribution in [0.4, 0.5) is 0 Å². The maximum Gasteiger partial charge on any atom is 0.124 e.